The number of methoxy groups -OCH3 is 1. The number of piperazine rings is 1. The van der Waals surface area contributed by atoms with Crippen LogP contribution in [-0.2, 0) is 6.54 Å². The van der Waals surface area contributed by atoms with E-state index in [1.54, 1.807) is 7.11 Å². The second-order valence-electron chi connectivity index (χ2n) is 6.40. The smallest absolute Gasteiger partial charge is 0.213 e. The Balaban J connectivity index is 1.68. The summed E-state index contributed by atoms with van der Waals surface area (Å²) in [6.07, 6.45) is 5.30. The average molecular weight is 289 g/mol. The minimum absolute atomic E-state index is 0.635. The SMILES string of the molecule is CCCC1CN(Cc2cccc(OC)n2)C(C2CC2)CN1. The Labute approximate surface area is 127 Å². The molecule has 1 aliphatic heterocycles. The fourth-order valence-corrected chi connectivity index (χ4v) is 3.44. The van der Waals surface area contributed by atoms with E-state index in [-0.39, 0.29) is 0 Å². The molecule has 0 spiro atoms. The van der Waals surface area contributed by atoms with Crippen molar-refractivity contribution < 1.29 is 4.74 Å². The molecule has 2 aliphatic rings. The first-order valence-corrected chi connectivity index (χ1v) is 8.27. The number of pyridine rings is 1. The van der Waals surface area contributed by atoms with Gasteiger partial charge in [0.15, 0.2) is 0 Å². The van der Waals surface area contributed by atoms with Crippen LogP contribution in [0.2, 0.25) is 0 Å². The quantitative estimate of drug-likeness (QED) is 0.873. The number of rotatable bonds is 6. The van der Waals surface area contributed by atoms with Gasteiger partial charge < -0.3 is 10.1 Å². The number of hydrogen-bond donors (Lipinski definition) is 1. The molecule has 1 saturated heterocycles. The summed E-state index contributed by atoms with van der Waals surface area (Å²) >= 11 is 0. The van der Waals surface area contributed by atoms with Gasteiger partial charge in [0, 0.05) is 37.8 Å². The van der Waals surface area contributed by atoms with Gasteiger partial charge in [0.05, 0.1) is 12.8 Å². The van der Waals surface area contributed by atoms with Gasteiger partial charge in [-0.1, -0.05) is 19.4 Å². The molecule has 4 nitrogen and oxygen atoms in total. The van der Waals surface area contributed by atoms with Crippen LogP contribution in [0.15, 0.2) is 18.2 Å². The highest BCUT2D eigenvalue weighted by Gasteiger charge is 2.38. The summed E-state index contributed by atoms with van der Waals surface area (Å²) in [6, 6.07) is 7.39. The van der Waals surface area contributed by atoms with Crippen molar-refractivity contribution in [3.63, 3.8) is 0 Å². The van der Waals surface area contributed by atoms with Crippen LogP contribution >= 0.6 is 0 Å². The lowest BCUT2D eigenvalue weighted by molar-refractivity contribution is 0.102. The number of ether oxygens (including phenoxy) is 1. The van der Waals surface area contributed by atoms with Crippen LogP contribution in [0.5, 0.6) is 5.88 Å². The average Bonchev–Trinajstić information content (AvgIpc) is 3.33. The summed E-state index contributed by atoms with van der Waals surface area (Å²) in [5, 5.41) is 3.74. The van der Waals surface area contributed by atoms with Crippen molar-refractivity contribution in [3.05, 3.63) is 23.9 Å². The lowest BCUT2D eigenvalue weighted by Gasteiger charge is -2.40. The molecule has 1 aromatic rings. The fourth-order valence-electron chi connectivity index (χ4n) is 3.44. The molecule has 0 amide bonds. The standard InChI is InChI=1S/C17H27N3O/c1-3-5-14-11-20(16(10-18-14)13-8-9-13)12-15-6-4-7-17(19-15)21-2/h4,6-7,13-14,16,18H,3,5,8-12H2,1-2H3. The highest BCUT2D eigenvalue weighted by Crippen LogP contribution is 2.37. The lowest BCUT2D eigenvalue weighted by atomic mass is 10.0. The number of nitrogens with zero attached hydrogens (tertiary/aromatic N) is 2. The van der Waals surface area contributed by atoms with Crippen LogP contribution in [0.3, 0.4) is 0 Å². The monoisotopic (exact) mass is 289 g/mol. The topological polar surface area (TPSA) is 37.4 Å². The van der Waals surface area contributed by atoms with E-state index in [2.05, 4.69) is 28.2 Å². The molecule has 116 valence electrons. The van der Waals surface area contributed by atoms with Gasteiger partial charge in [-0.2, -0.15) is 0 Å². The molecule has 1 aliphatic carbocycles. The first-order chi connectivity index (χ1) is 10.3. The maximum atomic E-state index is 5.25. The minimum atomic E-state index is 0.635. The highest BCUT2D eigenvalue weighted by molar-refractivity contribution is 5.16. The molecule has 1 aromatic heterocycles. The summed E-state index contributed by atoms with van der Waals surface area (Å²) in [7, 11) is 1.68. The largest absolute Gasteiger partial charge is 0.481 e. The van der Waals surface area contributed by atoms with Gasteiger partial charge in [0.1, 0.15) is 0 Å². The summed E-state index contributed by atoms with van der Waals surface area (Å²) in [5.41, 5.74) is 1.12. The van der Waals surface area contributed by atoms with Crippen LogP contribution in [0.25, 0.3) is 0 Å². The molecule has 21 heavy (non-hydrogen) atoms. The van der Waals surface area contributed by atoms with Crippen molar-refractivity contribution in [2.45, 2.75) is 51.2 Å². The summed E-state index contributed by atoms with van der Waals surface area (Å²) < 4.78 is 5.25. The first-order valence-electron chi connectivity index (χ1n) is 8.27. The maximum absolute atomic E-state index is 5.25. The lowest BCUT2D eigenvalue weighted by Crippen LogP contribution is -2.56. The molecule has 3 rings (SSSR count). The molecule has 1 N–H and O–H groups in total. The van der Waals surface area contributed by atoms with Gasteiger partial charge in [-0.05, 0) is 31.2 Å². The predicted octanol–water partition coefficient (Wildman–Crippen LogP) is 2.44. The molecule has 2 unspecified atom stereocenters. The Bertz CT molecular complexity index is 461. The predicted molar refractivity (Wildman–Crippen MR) is 84.4 cm³/mol. The molecule has 2 heterocycles. The third-order valence-corrected chi connectivity index (χ3v) is 4.70. The fraction of sp³-hybridized carbons (Fsp3) is 0.706. The Morgan fingerprint density at radius 3 is 2.95 bits per heavy atom. The van der Waals surface area contributed by atoms with Crippen LogP contribution in [0, 0.1) is 5.92 Å². The zero-order valence-corrected chi connectivity index (χ0v) is 13.2. The molecule has 4 heteroatoms. The van der Waals surface area contributed by atoms with Gasteiger partial charge in [0.25, 0.3) is 0 Å². The van der Waals surface area contributed by atoms with Crippen molar-refractivity contribution >= 4 is 0 Å². The third-order valence-electron chi connectivity index (χ3n) is 4.70. The van der Waals surface area contributed by atoms with Crippen molar-refractivity contribution in [3.8, 4) is 5.88 Å². The molecular weight excluding hydrogens is 262 g/mol. The first kappa shape index (κ1) is 14.8. The van der Waals surface area contributed by atoms with Crippen molar-refractivity contribution in [2.75, 3.05) is 20.2 Å². The van der Waals surface area contributed by atoms with E-state index in [1.807, 2.05) is 12.1 Å². The summed E-state index contributed by atoms with van der Waals surface area (Å²) in [5.74, 6) is 1.61. The normalized spacial score (nSPS) is 26.8. The van der Waals surface area contributed by atoms with Gasteiger partial charge >= 0.3 is 0 Å². The molecule has 0 aromatic carbocycles. The zero-order chi connectivity index (χ0) is 14.7. The zero-order valence-electron chi connectivity index (χ0n) is 13.2. The molecule has 0 radical (unpaired) electrons. The van der Waals surface area contributed by atoms with Crippen molar-refractivity contribution in [1.29, 1.82) is 0 Å². The Kier molecular flexibility index (Phi) is 4.76. The van der Waals surface area contributed by atoms with Gasteiger partial charge in [-0.25, -0.2) is 4.98 Å². The van der Waals surface area contributed by atoms with Crippen LogP contribution < -0.4 is 10.1 Å². The second kappa shape index (κ2) is 6.75. The number of hydrogen-bond acceptors (Lipinski definition) is 4. The maximum Gasteiger partial charge on any atom is 0.213 e. The van der Waals surface area contributed by atoms with Crippen molar-refractivity contribution in [1.82, 2.24) is 15.2 Å². The highest BCUT2D eigenvalue weighted by atomic mass is 16.5. The summed E-state index contributed by atoms with van der Waals surface area (Å²) in [4.78, 5) is 7.24. The van der Waals surface area contributed by atoms with E-state index in [9.17, 15) is 0 Å². The van der Waals surface area contributed by atoms with E-state index in [0.717, 1.165) is 37.1 Å². The Hall–Kier alpha value is -1.13. The summed E-state index contributed by atoms with van der Waals surface area (Å²) in [6.45, 7) is 5.50. The number of nitrogens with one attached hydrogen (secondary N) is 1. The Morgan fingerprint density at radius 1 is 1.38 bits per heavy atom. The molecule has 2 fully saturated rings. The third kappa shape index (κ3) is 3.74. The molecular formula is C17H27N3O. The van der Waals surface area contributed by atoms with E-state index in [1.165, 1.54) is 25.7 Å². The Morgan fingerprint density at radius 2 is 2.24 bits per heavy atom. The van der Waals surface area contributed by atoms with Crippen molar-refractivity contribution in [2.24, 2.45) is 5.92 Å². The van der Waals surface area contributed by atoms with Gasteiger partial charge in [0.2, 0.25) is 5.88 Å². The van der Waals surface area contributed by atoms with Crippen LogP contribution in [0.1, 0.15) is 38.3 Å². The molecule has 0 bridgehead atoms. The van der Waals surface area contributed by atoms with Gasteiger partial charge in [-0.15, -0.1) is 0 Å². The van der Waals surface area contributed by atoms with Crippen LogP contribution in [0.4, 0.5) is 0 Å². The van der Waals surface area contributed by atoms with E-state index >= 15 is 0 Å². The minimum Gasteiger partial charge on any atom is -0.481 e. The van der Waals surface area contributed by atoms with E-state index < -0.39 is 0 Å². The van der Waals surface area contributed by atoms with Gasteiger partial charge in [-0.3, -0.25) is 4.90 Å². The second-order valence-corrected chi connectivity index (χ2v) is 6.40. The van der Waals surface area contributed by atoms with E-state index in [0.29, 0.717) is 12.1 Å². The molecule has 2 atom stereocenters. The number of aromatic nitrogens is 1. The van der Waals surface area contributed by atoms with E-state index in [4.69, 9.17) is 4.74 Å². The molecule has 1 saturated carbocycles. The van der Waals surface area contributed by atoms with Crippen LogP contribution in [-0.4, -0.2) is 42.2 Å².